The molecule has 4 rings (SSSR count). The fourth-order valence-corrected chi connectivity index (χ4v) is 3.25. The average Bonchev–Trinajstić information content (AvgIpc) is 3.26. The molecule has 2 aromatic rings. The van der Waals surface area contributed by atoms with E-state index in [2.05, 4.69) is 20.2 Å². The van der Waals surface area contributed by atoms with E-state index < -0.39 is 6.10 Å². The fraction of sp³-hybridized carbons (Fsp3) is 0.529. The van der Waals surface area contributed by atoms with Crippen LogP contribution in [-0.4, -0.2) is 55.3 Å². The van der Waals surface area contributed by atoms with Crippen molar-refractivity contribution in [3.05, 3.63) is 41.2 Å². The normalized spacial score (nSPS) is 23.7. The quantitative estimate of drug-likeness (QED) is 0.875. The molecule has 2 aromatic heterocycles. The summed E-state index contributed by atoms with van der Waals surface area (Å²) in [6.45, 7) is 2.82. The van der Waals surface area contributed by atoms with Crippen LogP contribution in [-0.2, 0) is 6.42 Å². The molecule has 2 atom stereocenters. The molecule has 2 fully saturated rings. The van der Waals surface area contributed by atoms with Gasteiger partial charge in [-0.3, -0.25) is 9.89 Å². The van der Waals surface area contributed by atoms with E-state index in [9.17, 15) is 9.90 Å². The largest absolute Gasteiger partial charge is 0.391 e. The zero-order chi connectivity index (χ0) is 16.7. The Morgan fingerprint density at radius 3 is 2.71 bits per heavy atom. The van der Waals surface area contributed by atoms with Crippen molar-refractivity contribution in [1.29, 1.82) is 0 Å². The van der Waals surface area contributed by atoms with Gasteiger partial charge in [-0.15, -0.1) is 0 Å². The highest BCUT2D eigenvalue weighted by molar-refractivity contribution is 5.93. The van der Waals surface area contributed by atoms with Crippen molar-refractivity contribution in [2.24, 2.45) is 5.92 Å². The van der Waals surface area contributed by atoms with Gasteiger partial charge in [0.1, 0.15) is 5.82 Å². The van der Waals surface area contributed by atoms with Crippen molar-refractivity contribution < 1.29 is 9.90 Å². The number of aryl methyl sites for hydroxylation is 1. The van der Waals surface area contributed by atoms with Crippen LogP contribution in [0.4, 0.5) is 0 Å². The highest BCUT2D eigenvalue weighted by Gasteiger charge is 2.35. The van der Waals surface area contributed by atoms with E-state index in [1.807, 2.05) is 13.0 Å². The van der Waals surface area contributed by atoms with Gasteiger partial charge in [0.25, 0.3) is 5.91 Å². The van der Waals surface area contributed by atoms with Crippen LogP contribution in [0.2, 0.25) is 0 Å². The van der Waals surface area contributed by atoms with E-state index in [0.29, 0.717) is 31.0 Å². The highest BCUT2D eigenvalue weighted by Crippen LogP contribution is 2.37. The number of carbonyl (C=O) groups excluding carboxylic acids is 1. The molecule has 0 bridgehead atoms. The third-order valence-electron chi connectivity index (χ3n) is 4.79. The molecule has 2 N–H and O–H groups in total. The van der Waals surface area contributed by atoms with E-state index in [-0.39, 0.29) is 11.8 Å². The number of aliphatic hydroxyl groups is 1. The highest BCUT2D eigenvalue weighted by atomic mass is 16.3. The van der Waals surface area contributed by atoms with Gasteiger partial charge in [-0.2, -0.15) is 5.10 Å². The molecule has 1 saturated heterocycles. The SMILES string of the molecule is Cc1cc(C[C@@H]2CN(C(=O)c3cnc(C4CC4)nc3)C[C@@H]2O)n[nH]1. The molecule has 7 heteroatoms. The van der Waals surface area contributed by atoms with Gasteiger partial charge in [-0.25, -0.2) is 9.97 Å². The van der Waals surface area contributed by atoms with Gasteiger partial charge in [-0.1, -0.05) is 0 Å². The Labute approximate surface area is 140 Å². The van der Waals surface area contributed by atoms with E-state index in [1.54, 1.807) is 17.3 Å². The number of aliphatic hydroxyl groups excluding tert-OH is 1. The number of rotatable bonds is 4. The van der Waals surface area contributed by atoms with Crippen molar-refractivity contribution in [2.45, 2.75) is 38.2 Å². The molecule has 3 heterocycles. The van der Waals surface area contributed by atoms with E-state index in [4.69, 9.17) is 0 Å². The summed E-state index contributed by atoms with van der Waals surface area (Å²) in [4.78, 5) is 22.9. The van der Waals surface area contributed by atoms with E-state index in [1.165, 1.54) is 0 Å². The maximum Gasteiger partial charge on any atom is 0.257 e. The molecule has 1 aliphatic heterocycles. The zero-order valence-electron chi connectivity index (χ0n) is 13.6. The van der Waals surface area contributed by atoms with Crippen molar-refractivity contribution in [3.8, 4) is 0 Å². The van der Waals surface area contributed by atoms with Crippen LogP contribution in [0.5, 0.6) is 0 Å². The maximum atomic E-state index is 12.6. The lowest BCUT2D eigenvalue weighted by molar-refractivity contribution is 0.0763. The third-order valence-corrected chi connectivity index (χ3v) is 4.79. The molecule has 7 nitrogen and oxygen atoms in total. The van der Waals surface area contributed by atoms with Crippen LogP contribution in [0.15, 0.2) is 18.5 Å². The number of nitrogens with one attached hydrogen (secondary N) is 1. The summed E-state index contributed by atoms with van der Waals surface area (Å²) in [5, 5.41) is 17.4. The fourth-order valence-electron chi connectivity index (χ4n) is 3.25. The Hall–Kier alpha value is -2.28. The van der Waals surface area contributed by atoms with Crippen molar-refractivity contribution in [3.63, 3.8) is 0 Å². The van der Waals surface area contributed by atoms with Gasteiger partial charge < -0.3 is 10.0 Å². The van der Waals surface area contributed by atoms with Gasteiger partial charge in [0.05, 0.1) is 17.4 Å². The Bertz CT molecular complexity index is 738. The molecule has 1 amide bonds. The molecule has 1 aliphatic carbocycles. The number of hydrogen-bond acceptors (Lipinski definition) is 5. The van der Waals surface area contributed by atoms with Gasteiger partial charge in [0, 0.05) is 43.0 Å². The molecular formula is C17H21N5O2. The molecule has 2 aliphatic rings. The maximum absolute atomic E-state index is 12.6. The standard InChI is InChI=1S/C17H21N5O2/c1-10-4-14(21-20-10)5-12-8-22(9-15(12)23)17(24)13-6-18-16(19-7-13)11-2-3-11/h4,6-7,11-12,15,23H,2-3,5,8-9H2,1H3,(H,20,21)/t12-,15+/m1/s1. The summed E-state index contributed by atoms with van der Waals surface area (Å²) >= 11 is 0. The monoisotopic (exact) mass is 327 g/mol. The molecule has 0 spiro atoms. The summed E-state index contributed by atoms with van der Waals surface area (Å²) in [7, 11) is 0. The molecule has 1 saturated carbocycles. The summed E-state index contributed by atoms with van der Waals surface area (Å²) < 4.78 is 0. The van der Waals surface area contributed by atoms with Crippen molar-refractivity contribution >= 4 is 5.91 Å². The number of likely N-dealkylation sites (tertiary alicyclic amines) is 1. The van der Waals surface area contributed by atoms with E-state index >= 15 is 0 Å². The van der Waals surface area contributed by atoms with Gasteiger partial charge in [-0.05, 0) is 32.3 Å². The number of aromatic amines is 1. The van der Waals surface area contributed by atoms with Crippen LogP contribution in [0.25, 0.3) is 0 Å². The summed E-state index contributed by atoms with van der Waals surface area (Å²) in [6, 6.07) is 1.97. The summed E-state index contributed by atoms with van der Waals surface area (Å²) in [5.41, 5.74) is 2.41. The summed E-state index contributed by atoms with van der Waals surface area (Å²) in [6.07, 6.45) is 5.63. The lowest BCUT2D eigenvalue weighted by Crippen LogP contribution is -2.29. The van der Waals surface area contributed by atoms with Crippen LogP contribution in [0, 0.1) is 12.8 Å². The summed E-state index contributed by atoms with van der Waals surface area (Å²) in [5.74, 6) is 1.20. The van der Waals surface area contributed by atoms with Gasteiger partial charge in [0.15, 0.2) is 0 Å². The smallest absolute Gasteiger partial charge is 0.257 e. The number of aromatic nitrogens is 4. The van der Waals surface area contributed by atoms with E-state index in [0.717, 1.165) is 30.1 Å². The molecule has 0 radical (unpaired) electrons. The third kappa shape index (κ3) is 3.03. The molecular weight excluding hydrogens is 306 g/mol. The predicted octanol–water partition coefficient (Wildman–Crippen LogP) is 1.06. The van der Waals surface area contributed by atoms with Crippen LogP contribution >= 0.6 is 0 Å². The minimum absolute atomic E-state index is 0.00306. The lowest BCUT2D eigenvalue weighted by Gasteiger charge is -2.15. The molecule has 24 heavy (non-hydrogen) atoms. The molecule has 0 aromatic carbocycles. The topological polar surface area (TPSA) is 95.0 Å². The van der Waals surface area contributed by atoms with Crippen LogP contribution in [0.3, 0.4) is 0 Å². The Balaban J connectivity index is 1.41. The first-order valence-electron chi connectivity index (χ1n) is 8.40. The first-order chi connectivity index (χ1) is 11.6. The minimum Gasteiger partial charge on any atom is -0.391 e. The van der Waals surface area contributed by atoms with Crippen LogP contribution < -0.4 is 0 Å². The second kappa shape index (κ2) is 5.98. The lowest BCUT2D eigenvalue weighted by atomic mass is 10.0. The second-order valence-corrected chi connectivity index (χ2v) is 6.89. The molecule has 0 unspecified atom stereocenters. The van der Waals surface area contributed by atoms with Crippen molar-refractivity contribution in [1.82, 2.24) is 25.1 Å². The predicted molar refractivity (Wildman–Crippen MR) is 86.4 cm³/mol. The Morgan fingerprint density at radius 1 is 1.33 bits per heavy atom. The minimum atomic E-state index is -0.530. The Kier molecular flexibility index (Phi) is 3.80. The number of H-pyrrole nitrogens is 1. The number of nitrogens with zero attached hydrogens (tertiary/aromatic N) is 4. The van der Waals surface area contributed by atoms with Crippen molar-refractivity contribution in [2.75, 3.05) is 13.1 Å². The van der Waals surface area contributed by atoms with Gasteiger partial charge in [0.2, 0.25) is 0 Å². The van der Waals surface area contributed by atoms with Crippen LogP contribution in [0.1, 0.15) is 46.3 Å². The second-order valence-electron chi connectivity index (χ2n) is 6.89. The Morgan fingerprint density at radius 2 is 2.08 bits per heavy atom. The number of carbonyl (C=O) groups is 1. The zero-order valence-corrected chi connectivity index (χ0v) is 13.6. The number of β-amino-alcohol motifs (C(OH)–C–C–N with tert-alkyl or cyclic N) is 1. The molecule has 126 valence electrons. The number of amides is 1. The van der Waals surface area contributed by atoms with Gasteiger partial charge >= 0.3 is 0 Å². The first kappa shape index (κ1) is 15.3. The first-order valence-corrected chi connectivity index (χ1v) is 8.40. The number of hydrogen-bond donors (Lipinski definition) is 2. The average molecular weight is 327 g/mol.